The van der Waals surface area contributed by atoms with Crippen molar-refractivity contribution in [2.24, 2.45) is 17.1 Å². The van der Waals surface area contributed by atoms with Gasteiger partial charge in [0.05, 0.1) is 21.3 Å². The zero-order valence-electron chi connectivity index (χ0n) is 15.1. The van der Waals surface area contributed by atoms with E-state index in [4.69, 9.17) is 34.7 Å². The topological polar surface area (TPSA) is 90.2 Å². The van der Waals surface area contributed by atoms with Crippen molar-refractivity contribution in [2.45, 2.75) is 20.8 Å². The highest BCUT2D eigenvalue weighted by Crippen LogP contribution is 2.37. The normalized spacial score (nSPS) is 19.2. The predicted octanol–water partition coefficient (Wildman–Crippen LogP) is 2.85. The van der Waals surface area contributed by atoms with Gasteiger partial charge in [-0.2, -0.15) is 4.98 Å². The summed E-state index contributed by atoms with van der Waals surface area (Å²) in [7, 11) is 0. The predicted molar refractivity (Wildman–Crippen MR) is 108 cm³/mol. The van der Waals surface area contributed by atoms with Gasteiger partial charge in [-0.3, -0.25) is 4.79 Å². The summed E-state index contributed by atoms with van der Waals surface area (Å²) in [6.07, 6.45) is 0. The molecule has 1 aromatic heterocycles. The number of nitrogens with zero attached hydrogens (tertiary/aromatic N) is 3. The van der Waals surface area contributed by atoms with Crippen LogP contribution >= 0.6 is 23.2 Å². The smallest absolute Gasteiger partial charge is 0.264 e. The first-order valence-electron chi connectivity index (χ1n) is 8.46. The minimum atomic E-state index is -0.259. The monoisotopic (exact) mass is 395 g/mol. The summed E-state index contributed by atoms with van der Waals surface area (Å²) >= 11 is 12.3. The Morgan fingerprint density at radius 1 is 1.35 bits per heavy atom. The van der Waals surface area contributed by atoms with E-state index in [1.54, 1.807) is 25.1 Å². The summed E-state index contributed by atoms with van der Waals surface area (Å²) in [6.45, 7) is 8.21. The number of nitrogens with two attached hydrogens (primary N) is 2. The number of benzene rings is 1. The first-order chi connectivity index (χ1) is 12.2. The number of aromatic nitrogens is 2. The minimum absolute atomic E-state index is 0.0444. The van der Waals surface area contributed by atoms with Crippen molar-refractivity contribution in [3.05, 3.63) is 44.2 Å². The van der Waals surface area contributed by atoms with E-state index in [9.17, 15) is 4.79 Å². The summed E-state index contributed by atoms with van der Waals surface area (Å²) in [6, 6.07) is 5.06. The number of hydrogen-bond acceptors (Lipinski definition) is 5. The first kappa shape index (κ1) is 19.0. The molecule has 8 heteroatoms. The van der Waals surface area contributed by atoms with Crippen molar-refractivity contribution in [1.82, 2.24) is 9.55 Å². The van der Waals surface area contributed by atoms with Crippen LogP contribution in [0.15, 0.2) is 23.0 Å². The molecule has 3 rings (SSSR count). The summed E-state index contributed by atoms with van der Waals surface area (Å²) in [5, 5.41) is 0.617. The Kier molecular flexibility index (Phi) is 4.94. The van der Waals surface area contributed by atoms with Gasteiger partial charge in [0.25, 0.3) is 5.56 Å². The molecule has 0 aliphatic carbocycles. The van der Waals surface area contributed by atoms with Gasteiger partial charge < -0.3 is 16.4 Å². The minimum Gasteiger partial charge on any atom is -0.369 e. The van der Waals surface area contributed by atoms with E-state index in [0.29, 0.717) is 34.6 Å². The van der Waals surface area contributed by atoms with Crippen LogP contribution in [0.3, 0.4) is 0 Å². The van der Waals surface area contributed by atoms with Crippen LogP contribution in [0.25, 0.3) is 5.69 Å². The maximum Gasteiger partial charge on any atom is 0.264 e. The van der Waals surface area contributed by atoms with Crippen LogP contribution in [0.1, 0.15) is 19.4 Å². The van der Waals surface area contributed by atoms with Crippen LogP contribution in [0.4, 0.5) is 11.8 Å². The standard InChI is InChI=1S/C18H23Cl2N5O/c1-10-15(24-8-11(7-21)18(2,3)9-24)23-17(22)25(16(10)26)13-6-4-5-12(19)14(13)20/h4-6,11H,7-9,21H2,1-3H3,(H2,22,23). The number of hydrogen-bond donors (Lipinski definition) is 2. The maximum atomic E-state index is 13.0. The van der Waals surface area contributed by atoms with Crippen molar-refractivity contribution in [1.29, 1.82) is 0 Å². The van der Waals surface area contributed by atoms with Crippen LogP contribution < -0.4 is 21.9 Å². The van der Waals surface area contributed by atoms with Crippen molar-refractivity contribution < 1.29 is 0 Å². The molecule has 1 aliphatic rings. The molecule has 1 atom stereocenters. The number of anilines is 2. The van der Waals surface area contributed by atoms with Gasteiger partial charge >= 0.3 is 0 Å². The molecule has 0 saturated carbocycles. The fourth-order valence-corrected chi connectivity index (χ4v) is 3.95. The van der Waals surface area contributed by atoms with E-state index in [0.717, 1.165) is 13.1 Å². The Balaban J connectivity index is 2.11. The van der Waals surface area contributed by atoms with Gasteiger partial charge in [0.15, 0.2) is 0 Å². The summed E-state index contributed by atoms with van der Waals surface area (Å²) in [5.41, 5.74) is 12.8. The molecule has 0 amide bonds. The van der Waals surface area contributed by atoms with Crippen molar-refractivity contribution in [2.75, 3.05) is 30.3 Å². The van der Waals surface area contributed by atoms with Gasteiger partial charge in [-0.15, -0.1) is 0 Å². The summed E-state index contributed by atoms with van der Waals surface area (Å²) in [4.78, 5) is 19.6. The Labute approximate surface area is 162 Å². The SMILES string of the molecule is Cc1c(N2CC(CN)C(C)(C)C2)nc(N)n(-c2cccc(Cl)c2Cl)c1=O. The molecule has 4 N–H and O–H groups in total. The highest BCUT2D eigenvalue weighted by Gasteiger charge is 2.39. The molecule has 1 saturated heterocycles. The fraction of sp³-hybridized carbons (Fsp3) is 0.444. The second-order valence-electron chi connectivity index (χ2n) is 7.43. The molecule has 0 spiro atoms. The molecule has 1 aromatic carbocycles. The third-order valence-corrected chi connectivity index (χ3v) is 6.02. The molecular weight excluding hydrogens is 373 g/mol. The molecule has 2 aromatic rings. The molecule has 2 heterocycles. The quantitative estimate of drug-likeness (QED) is 0.833. The second-order valence-corrected chi connectivity index (χ2v) is 8.22. The molecule has 1 unspecified atom stereocenters. The second kappa shape index (κ2) is 6.76. The average molecular weight is 396 g/mol. The molecule has 1 aliphatic heterocycles. The van der Waals surface area contributed by atoms with Crippen LogP contribution in [0.2, 0.25) is 10.0 Å². The zero-order valence-corrected chi connectivity index (χ0v) is 16.6. The first-order valence-corrected chi connectivity index (χ1v) is 9.21. The number of halogens is 2. The molecular formula is C18H23Cl2N5O. The highest BCUT2D eigenvalue weighted by atomic mass is 35.5. The van der Waals surface area contributed by atoms with Crippen LogP contribution in [-0.2, 0) is 0 Å². The Morgan fingerprint density at radius 2 is 2.04 bits per heavy atom. The van der Waals surface area contributed by atoms with Crippen LogP contribution in [0, 0.1) is 18.3 Å². The third-order valence-electron chi connectivity index (χ3n) is 5.21. The molecule has 26 heavy (non-hydrogen) atoms. The van der Waals surface area contributed by atoms with Gasteiger partial charge in [-0.1, -0.05) is 43.1 Å². The van der Waals surface area contributed by atoms with E-state index in [1.807, 2.05) is 0 Å². The zero-order chi connectivity index (χ0) is 19.2. The van der Waals surface area contributed by atoms with Crippen molar-refractivity contribution in [3.8, 4) is 5.69 Å². The Morgan fingerprint density at radius 3 is 2.65 bits per heavy atom. The van der Waals surface area contributed by atoms with Crippen LogP contribution in [0.5, 0.6) is 0 Å². The lowest BCUT2D eigenvalue weighted by atomic mass is 9.82. The lowest BCUT2D eigenvalue weighted by Gasteiger charge is -2.24. The Bertz CT molecular complexity index is 909. The van der Waals surface area contributed by atoms with Gasteiger partial charge in [-0.05, 0) is 36.9 Å². The van der Waals surface area contributed by atoms with E-state index >= 15 is 0 Å². The molecule has 0 bridgehead atoms. The average Bonchev–Trinajstić information content (AvgIpc) is 2.89. The summed E-state index contributed by atoms with van der Waals surface area (Å²) < 4.78 is 1.30. The fourth-order valence-electron chi connectivity index (χ4n) is 3.57. The van der Waals surface area contributed by atoms with Crippen molar-refractivity contribution in [3.63, 3.8) is 0 Å². The van der Waals surface area contributed by atoms with E-state index in [1.165, 1.54) is 4.57 Å². The van der Waals surface area contributed by atoms with Gasteiger partial charge in [0, 0.05) is 13.1 Å². The molecule has 1 fully saturated rings. The van der Waals surface area contributed by atoms with E-state index in [-0.39, 0.29) is 21.9 Å². The third kappa shape index (κ3) is 3.06. The van der Waals surface area contributed by atoms with E-state index < -0.39 is 0 Å². The Hall–Kier alpha value is -1.76. The lowest BCUT2D eigenvalue weighted by molar-refractivity contribution is 0.296. The molecule has 6 nitrogen and oxygen atoms in total. The number of nitrogen functional groups attached to an aromatic ring is 1. The number of rotatable bonds is 3. The van der Waals surface area contributed by atoms with Crippen LogP contribution in [-0.4, -0.2) is 29.2 Å². The summed E-state index contributed by atoms with van der Waals surface area (Å²) in [5.74, 6) is 1.01. The van der Waals surface area contributed by atoms with Gasteiger partial charge in [0.1, 0.15) is 5.82 Å². The maximum absolute atomic E-state index is 13.0. The molecule has 0 radical (unpaired) electrons. The van der Waals surface area contributed by atoms with E-state index in [2.05, 4.69) is 23.7 Å². The lowest BCUT2D eigenvalue weighted by Crippen LogP contribution is -2.31. The van der Waals surface area contributed by atoms with Crippen molar-refractivity contribution >= 4 is 35.0 Å². The highest BCUT2D eigenvalue weighted by molar-refractivity contribution is 6.43. The van der Waals surface area contributed by atoms with Gasteiger partial charge in [-0.25, -0.2) is 4.57 Å². The molecule has 140 valence electrons. The van der Waals surface area contributed by atoms with Gasteiger partial charge in [0.2, 0.25) is 5.95 Å². The largest absolute Gasteiger partial charge is 0.369 e.